The first kappa shape index (κ1) is 10.9. The lowest BCUT2D eigenvalue weighted by molar-refractivity contribution is 0.419. The molecule has 0 aromatic rings. The van der Waals surface area contributed by atoms with Crippen LogP contribution in [-0.4, -0.2) is 23.8 Å². The number of rotatable bonds is 3. The molecule has 0 heterocycles. The Morgan fingerprint density at radius 2 is 1.91 bits per heavy atom. The van der Waals surface area contributed by atoms with Crippen molar-refractivity contribution >= 4 is 10.1 Å². The summed E-state index contributed by atoms with van der Waals surface area (Å²) >= 11 is 0. The molecule has 68 valence electrons. The fourth-order valence-electron chi connectivity index (χ4n) is 0.881. The van der Waals surface area contributed by atoms with Crippen LogP contribution in [0.15, 0.2) is 0 Å². The minimum Gasteiger partial charge on any atom is -0.328 e. The molecule has 4 nitrogen and oxygen atoms in total. The lowest BCUT2D eigenvalue weighted by Crippen LogP contribution is -2.37. The quantitative estimate of drug-likeness (QED) is 0.617. The van der Waals surface area contributed by atoms with Crippen molar-refractivity contribution in [3.8, 4) is 0 Å². The topological polar surface area (TPSA) is 80.4 Å². The molecule has 3 N–H and O–H groups in total. The molecule has 5 heteroatoms. The fraction of sp³-hybridized carbons (Fsp3) is 1.00. The second-order valence-electron chi connectivity index (χ2n) is 3.42. The van der Waals surface area contributed by atoms with Gasteiger partial charge < -0.3 is 5.73 Å². The standard InChI is InChI=1S/C6H15NO3S/c1-5(7)4-6(2,3)11(8,9)10/h5H,4,7H2,1-3H3,(H,8,9,10). The van der Waals surface area contributed by atoms with Crippen LogP contribution in [0.25, 0.3) is 0 Å². The van der Waals surface area contributed by atoms with Gasteiger partial charge in [-0.05, 0) is 27.2 Å². The Morgan fingerprint density at radius 1 is 1.55 bits per heavy atom. The van der Waals surface area contributed by atoms with Gasteiger partial charge in [-0.2, -0.15) is 8.42 Å². The van der Waals surface area contributed by atoms with Gasteiger partial charge in [0.05, 0.1) is 4.75 Å². The van der Waals surface area contributed by atoms with Gasteiger partial charge in [0.2, 0.25) is 0 Å². The summed E-state index contributed by atoms with van der Waals surface area (Å²) in [5.74, 6) is 0. The fourth-order valence-corrected chi connectivity index (χ4v) is 1.35. The van der Waals surface area contributed by atoms with Crippen LogP contribution in [0, 0.1) is 0 Å². The van der Waals surface area contributed by atoms with E-state index in [1.54, 1.807) is 6.92 Å². The maximum atomic E-state index is 10.7. The minimum atomic E-state index is -3.98. The van der Waals surface area contributed by atoms with E-state index in [9.17, 15) is 8.42 Å². The van der Waals surface area contributed by atoms with Gasteiger partial charge in [-0.1, -0.05) is 0 Å². The van der Waals surface area contributed by atoms with Gasteiger partial charge >= 0.3 is 0 Å². The van der Waals surface area contributed by atoms with E-state index < -0.39 is 14.9 Å². The monoisotopic (exact) mass is 181 g/mol. The van der Waals surface area contributed by atoms with Gasteiger partial charge in [-0.25, -0.2) is 0 Å². The van der Waals surface area contributed by atoms with E-state index >= 15 is 0 Å². The van der Waals surface area contributed by atoms with E-state index in [0.29, 0.717) is 0 Å². The maximum Gasteiger partial charge on any atom is 0.270 e. The lowest BCUT2D eigenvalue weighted by atomic mass is 10.1. The van der Waals surface area contributed by atoms with Crippen LogP contribution in [0.1, 0.15) is 27.2 Å². The number of hydrogen-bond acceptors (Lipinski definition) is 3. The zero-order chi connectivity index (χ0) is 9.28. The van der Waals surface area contributed by atoms with E-state index in [4.69, 9.17) is 10.3 Å². The van der Waals surface area contributed by atoms with Crippen molar-refractivity contribution in [1.29, 1.82) is 0 Å². The van der Waals surface area contributed by atoms with Crippen molar-refractivity contribution in [1.82, 2.24) is 0 Å². The van der Waals surface area contributed by atoms with E-state index in [0.717, 1.165) is 0 Å². The van der Waals surface area contributed by atoms with E-state index in [1.165, 1.54) is 13.8 Å². The van der Waals surface area contributed by atoms with Gasteiger partial charge in [-0.15, -0.1) is 0 Å². The Bertz CT molecular complexity index is 218. The highest BCUT2D eigenvalue weighted by molar-refractivity contribution is 7.87. The highest BCUT2D eigenvalue weighted by atomic mass is 32.2. The maximum absolute atomic E-state index is 10.7. The lowest BCUT2D eigenvalue weighted by Gasteiger charge is -2.22. The number of nitrogens with two attached hydrogens (primary N) is 1. The molecule has 0 amide bonds. The van der Waals surface area contributed by atoms with Gasteiger partial charge in [0.1, 0.15) is 0 Å². The average molecular weight is 181 g/mol. The highest BCUT2D eigenvalue weighted by Gasteiger charge is 2.33. The predicted molar refractivity (Wildman–Crippen MR) is 43.9 cm³/mol. The van der Waals surface area contributed by atoms with Gasteiger partial charge in [0.15, 0.2) is 0 Å². The predicted octanol–water partition coefficient (Wildman–Crippen LogP) is 0.390. The molecule has 0 aliphatic heterocycles. The molecule has 0 spiro atoms. The minimum absolute atomic E-state index is 0.230. The van der Waals surface area contributed by atoms with Crippen LogP contribution in [0.5, 0.6) is 0 Å². The molecule has 1 unspecified atom stereocenters. The molecule has 0 saturated heterocycles. The SMILES string of the molecule is CC(N)CC(C)(C)S(=O)(=O)O. The summed E-state index contributed by atoms with van der Waals surface area (Å²) in [6.07, 6.45) is 0.256. The molecule has 0 aromatic carbocycles. The third-order valence-electron chi connectivity index (χ3n) is 1.51. The molecule has 0 aliphatic carbocycles. The molecule has 0 saturated carbocycles. The van der Waals surface area contributed by atoms with Crippen molar-refractivity contribution in [2.24, 2.45) is 5.73 Å². The van der Waals surface area contributed by atoms with Crippen LogP contribution in [-0.2, 0) is 10.1 Å². The van der Waals surface area contributed by atoms with Crippen molar-refractivity contribution in [2.75, 3.05) is 0 Å². The average Bonchev–Trinajstić information content (AvgIpc) is 1.56. The number of hydrogen-bond donors (Lipinski definition) is 2. The van der Waals surface area contributed by atoms with Gasteiger partial charge in [0, 0.05) is 6.04 Å². The molecule has 0 radical (unpaired) electrons. The summed E-state index contributed by atoms with van der Waals surface area (Å²) < 4.78 is 29.0. The third-order valence-corrected chi connectivity index (χ3v) is 3.08. The van der Waals surface area contributed by atoms with Crippen molar-refractivity contribution in [2.45, 2.75) is 38.0 Å². The highest BCUT2D eigenvalue weighted by Crippen LogP contribution is 2.20. The summed E-state index contributed by atoms with van der Waals surface area (Å²) in [5.41, 5.74) is 5.40. The molecule has 11 heavy (non-hydrogen) atoms. The largest absolute Gasteiger partial charge is 0.328 e. The molecular weight excluding hydrogens is 166 g/mol. The smallest absolute Gasteiger partial charge is 0.270 e. The Labute approximate surface area is 67.5 Å². The van der Waals surface area contributed by atoms with Crippen LogP contribution in [0.2, 0.25) is 0 Å². The zero-order valence-electron chi connectivity index (χ0n) is 7.03. The van der Waals surface area contributed by atoms with Crippen molar-refractivity contribution in [3.05, 3.63) is 0 Å². The molecule has 1 atom stereocenters. The Hall–Kier alpha value is -0.130. The van der Waals surface area contributed by atoms with Crippen molar-refractivity contribution < 1.29 is 13.0 Å². The van der Waals surface area contributed by atoms with E-state index in [1.807, 2.05) is 0 Å². The Balaban J connectivity index is 4.49. The first-order chi connectivity index (χ1) is 4.67. The molecule has 0 rings (SSSR count). The first-order valence-corrected chi connectivity index (χ1v) is 4.83. The second-order valence-corrected chi connectivity index (χ2v) is 5.47. The van der Waals surface area contributed by atoms with E-state index in [-0.39, 0.29) is 12.5 Å². The summed E-state index contributed by atoms with van der Waals surface area (Å²) in [5, 5.41) is 0. The molecular formula is C6H15NO3S. The summed E-state index contributed by atoms with van der Waals surface area (Å²) in [6, 6.07) is -0.230. The van der Waals surface area contributed by atoms with Crippen molar-refractivity contribution in [3.63, 3.8) is 0 Å². The normalized spacial score (nSPS) is 16.5. The Morgan fingerprint density at radius 3 is 2.00 bits per heavy atom. The first-order valence-electron chi connectivity index (χ1n) is 3.39. The summed E-state index contributed by atoms with van der Waals surface area (Å²) in [4.78, 5) is 0. The van der Waals surface area contributed by atoms with Crippen LogP contribution >= 0.6 is 0 Å². The molecule has 0 bridgehead atoms. The summed E-state index contributed by atoms with van der Waals surface area (Å²) in [6.45, 7) is 4.60. The second kappa shape index (κ2) is 3.08. The van der Waals surface area contributed by atoms with Gasteiger partial charge in [0.25, 0.3) is 10.1 Å². The van der Waals surface area contributed by atoms with Crippen LogP contribution < -0.4 is 5.73 Å². The van der Waals surface area contributed by atoms with E-state index in [2.05, 4.69) is 0 Å². The van der Waals surface area contributed by atoms with Gasteiger partial charge in [-0.3, -0.25) is 4.55 Å². The Kier molecular flexibility index (Phi) is 3.05. The van der Waals surface area contributed by atoms with Crippen LogP contribution in [0.3, 0.4) is 0 Å². The molecule has 0 aliphatic rings. The third kappa shape index (κ3) is 3.18. The zero-order valence-corrected chi connectivity index (χ0v) is 7.85. The molecule has 0 fully saturated rings. The summed E-state index contributed by atoms with van der Waals surface area (Å²) in [7, 11) is -3.98. The van der Waals surface area contributed by atoms with Crippen LogP contribution in [0.4, 0.5) is 0 Å². The molecule has 0 aromatic heterocycles.